The third kappa shape index (κ3) is 11.1. The van der Waals surface area contributed by atoms with Gasteiger partial charge in [-0.25, -0.2) is 10.2 Å². The normalized spacial score (nSPS) is 22.0. The van der Waals surface area contributed by atoms with Gasteiger partial charge >= 0.3 is 12.0 Å². The van der Waals surface area contributed by atoms with Crippen molar-refractivity contribution >= 4 is 34.5 Å². The van der Waals surface area contributed by atoms with Crippen molar-refractivity contribution in [2.75, 3.05) is 64.6 Å². The molecular formula is C47H65N8O6W-. The Morgan fingerprint density at radius 3 is 2.60 bits per heavy atom. The summed E-state index contributed by atoms with van der Waals surface area (Å²) in [5.41, 5.74) is 16.9. The van der Waals surface area contributed by atoms with Crippen molar-refractivity contribution in [1.29, 1.82) is 0 Å². The van der Waals surface area contributed by atoms with Gasteiger partial charge in [-0.3, -0.25) is 24.5 Å². The summed E-state index contributed by atoms with van der Waals surface area (Å²) in [5.74, 6) is -0.790. The fourth-order valence-electron chi connectivity index (χ4n) is 8.78. The number of pyridine rings is 1. The number of nitrogens with zero attached hydrogens (tertiary/aromatic N) is 4. The zero-order chi connectivity index (χ0) is 43.8. The third-order valence-corrected chi connectivity index (χ3v) is 11.9. The van der Waals surface area contributed by atoms with Gasteiger partial charge in [-0.1, -0.05) is 58.0 Å². The molecule has 5 N–H and O–H groups in total. The van der Waals surface area contributed by atoms with Gasteiger partial charge in [0.05, 0.1) is 55.2 Å². The molecule has 4 aliphatic rings. The number of rotatable bonds is 5. The summed E-state index contributed by atoms with van der Waals surface area (Å²) in [4.78, 5) is 53.4. The first kappa shape index (κ1) is 48.7. The molecule has 8 rings (SSSR count). The van der Waals surface area contributed by atoms with E-state index in [1.54, 1.807) is 14.0 Å². The van der Waals surface area contributed by atoms with Gasteiger partial charge in [0.1, 0.15) is 12.1 Å². The number of ether oxygens (including phenoxy) is 3. The van der Waals surface area contributed by atoms with Crippen molar-refractivity contribution in [2.45, 2.75) is 91.5 Å². The van der Waals surface area contributed by atoms with E-state index in [0.717, 1.165) is 95.2 Å². The zero-order valence-corrected chi connectivity index (χ0v) is 40.4. The number of nitrogens with two attached hydrogens (primary N) is 1. The molecule has 4 atom stereocenters. The number of benzene rings is 2. The van der Waals surface area contributed by atoms with Crippen LogP contribution in [-0.4, -0.2) is 116 Å². The molecule has 0 saturated carbocycles. The minimum absolute atomic E-state index is 0. The Morgan fingerprint density at radius 2 is 1.84 bits per heavy atom. The number of aromatic amines is 1. The molecule has 14 nitrogen and oxygen atoms in total. The number of urea groups is 1. The van der Waals surface area contributed by atoms with Crippen LogP contribution in [0.3, 0.4) is 0 Å². The van der Waals surface area contributed by atoms with Gasteiger partial charge in [0.2, 0.25) is 0 Å². The SMILES string of the molecule is CC.COC(C)c1ncc(N2CCN3CCOCC3C2)cc1-c1[nH]c2ccc3cc2c1CC(C)(C)COC(=O)C1CCCN(N1)C(=O)C(NC(N)=O)Cc1cccc-3c1.[CH2-]C.[W]. The van der Waals surface area contributed by atoms with E-state index in [9.17, 15) is 14.4 Å². The number of piperazine rings is 1. The third-order valence-electron chi connectivity index (χ3n) is 11.9. The molecule has 62 heavy (non-hydrogen) atoms. The summed E-state index contributed by atoms with van der Waals surface area (Å²) in [6.07, 6.45) is 3.61. The minimum atomic E-state index is -0.938. The first-order chi connectivity index (χ1) is 29.5. The van der Waals surface area contributed by atoms with Crippen LogP contribution in [0.4, 0.5) is 10.5 Å². The van der Waals surface area contributed by atoms with E-state index in [-0.39, 0.29) is 46.1 Å². The quantitative estimate of drug-likeness (QED) is 0.134. The number of aromatic nitrogens is 2. The smallest absolute Gasteiger partial charge is 0.324 e. The van der Waals surface area contributed by atoms with Crippen molar-refractivity contribution < 1.29 is 49.7 Å². The van der Waals surface area contributed by atoms with E-state index in [1.165, 1.54) is 5.01 Å². The fourth-order valence-corrected chi connectivity index (χ4v) is 8.78. The molecule has 4 aliphatic heterocycles. The number of hydrogen-bond acceptors (Lipinski definition) is 10. The molecule has 0 radical (unpaired) electrons. The molecule has 0 spiro atoms. The second kappa shape index (κ2) is 21.8. The predicted molar refractivity (Wildman–Crippen MR) is 240 cm³/mol. The second-order valence-corrected chi connectivity index (χ2v) is 16.7. The monoisotopic (exact) mass is 1020 g/mol. The summed E-state index contributed by atoms with van der Waals surface area (Å²) in [5, 5.41) is 5.11. The maximum absolute atomic E-state index is 13.8. The summed E-state index contributed by atoms with van der Waals surface area (Å²) in [6.45, 7) is 21.0. The Morgan fingerprint density at radius 1 is 1.06 bits per heavy atom. The van der Waals surface area contributed by atoms with Crippen LogP contribution in [0, 0.1) is 12.3 Å². The van der Waals surface area contributed by atoms with Crippen LogP contribution >= 0.6 is 0 Å². The van der Waals surface area contributed by atoms with Crippen LogP contribution in [0.1, 0.15) is 77.3 Å². The molecule has 6 heterocycles. The average molecular weight is 1020 g/mol. The van der Waals surface area contributed by atoms with Gasteiger partial charge < -0.3 is 42.1 Å². The topological polar surface area (TPSA) is 167 Å². The molecular weight excluding hydrogens is 956 g/mol. The number of methoxy groups -OCH3 is 1. The number of hydrazine groups is 1. The second-order valence-electron chi connectivity index (χ2n) is 16.7. The Labute approximate surface area is 381 Å². The van der Waals surface area contributed by atoms with Gasteiger partial charge in [0.15, 0.2) is 0 Å². The van der Waals surface area contributed by atoms with Crippen LogP contribution in [0.5, 0.6) is 0 Å². The van der Waals surface area contributed by atoms with Crippen molar-refractivity contribution in [2.24, 2.45) is 11.1 Å². The number of carbonyl (C=O) groups is 3. The van der Waals surface area contributed by atoms with E-state index in [4.69, 9.17) is 24.9 Å². The largest absolute Gasteiger partial charge is 0.464 e. The molecule has 15 heteroatoms. The molecule has 4 aromatic rings. The van der Waals surface area contributed by atoms with E-state index < -0.39 is 29.5 Å². The molecule has 2 aromatic heterocycles. The van der Waals surface area contributed by atoms with Gasteiger partial charge in [0, 0.05) is 89.2 Å². The number of cyclic esters (lactones) is 1. The maximum Gasteiger partial charge on any atom is 0.324 e. The van der Waals surface area contributed by atoms with Crippen LogP contribution in [0.15, 0.2) is 54.7 Å². The van der Waals surface area contributed by atoms with Crippen LogP contribution in [0.2, 0.25) is 0 Å². The molecule has 6 bridgehead atoms. The van der Waals surface area contributed by atoms with Crippen LogP contribution < -0.4 is 21.4 Å². The number of esters is 1. The minimum Gasteiger partial charge on any atom is -0.464 e. The number of H-pyrrole nitrogens is 1. The predicted octanol–water partition coefficient (Wildman–Crippen LogP) is 6.19. The number of fused-ring (bicyclic) bond motifs is 7. The molecule has 2 aromatic carbocycles. The number of carbonyl (C=O) groups excluding carboxylic acids is 3. The molecule has 3 fully saturated rings. The molecule has 336 valence electrons. The van der Waals surface area contributed by atoms with Crippen LogP contribution in [-0.2, 0) is 57.7 Å². The maximum atomic E-state index is 13.8. The van der Waals surface area contributed by atoms with Crippen molar-refractivity contribution in [1.82, 2.24) is 30.6 Å². The van der Waals surface area contributed by atoms with Crippen LogP contribution in [0.25, 0.3) is 33.3 Å². The van der Waals surface area contributed by atoms with E-state index >= 15 is 0 Å². The van der Waals surface area contributed by atoms with Crippen molar-refractivity contribution in [3.8, 4) is 22.4 Å². The number of hydrogen-bond donors (Lipinski definition) is 4. The fraction of sp³-hybridized carbons (Fsp3) is 0.511. The number of morpholine rings is 1. The average Bonchev–Trinajstić information content (AvgIpc) is 3.64. The Hall–Kier alpha value is -4.33. The molecule has 0 aliphatic carbocycles. The number of nitrogens with one attached hydrogen (secondary N) is 3. The van der Waals surface area contributed by atoms with Crippen molar-refractivity contribution in [3.05, 3.63) is 78.5 Å². The van der Waals surface area contributed by atoms with E-state index in [0.29, 0.717) is 31.8 Å². The van der Waals surface area contributed by atoms with Gasteiger partial charge in [-0.2, -0.15) is 6.92 Å². The molecule has 4 unspecified atom stereocenters. The summed E-state index contributed by atoms with van der Waals surface area (Å²) < 4.78 is 17.8. The van der Waals surface area contributed by atoms with Gasteiger partial charge in [-0.15, -0.1) is 0 Å². The van der Waals surface area contributed by atoms with Crippen molar-refractivity contribution in [3.63, 3.8) is 0 Å². The van der Waals surface area contributed by atoms with Gasteiger partial charge in [0.25, 0.3) is 5.91 Å². The zero-order valence-electron chi connectivity index (χ0n) is 37.4. The summed E-state index contributed by atoms with van der Waals surface area (Å²) in [7, 11) is 1.71. The number of anilines is 1. The number of primary amides is 1. The van der Waals surface area contributed by atoms with E-state index in [2.05, 4.69) is 82.7 Å². The van der Waals surface area contributed by atoms with E-state index in [1.807, 2.05) is 39.1 Å². The molecule has 3 saturated heterocycles. The Kier molecular flexibility index (Phi) is 17.2. The van der Waals surface area contributed by atoms with Gasteiger partial charge in [-0.05, 0) is 66.6 Å². The number of amides is 3. The summed E-state index contributed by atoms with van der Waals surface area (Å²) >= 11 is 0. The molecule has 3 amide bonds. The Balaban J connectivity index is 0.00000141. The first-order valence-electron chi connectivity index (χ1n) is 21.8. The summed E-state index contributed by atoms with van der Waals surface area (Å²) in [6, 6.07) is 14.6. The first-order valence-corrected chi connectivity index (χ1v) is 21.8. The Bertz CT molecular complexity index is 2160. The standard InChI is InChI=1S/C43H54N8O6.C2H6.C2H5.W/c1-26(55-4)38-33(20-30(22-45-38)50-14-13-49-15-16-56-24-31(49)23-50)39-34-21-43(2,3)25-57-41(53)36-9-6-12-51(48-36)40(52)37(47-42(44)54)18-27-7-5-8-28(17-27)29-10-11-35(46-39)32(34)19-29;2*1-2;/h5,7-8,10-11,17,19-20,22,26,31,36-37,46,48H,6,9,12-16,18,21,23-25H2,1-4H3,(H3,44,47,54);1-2H3;1H2,2H3;/q;;-1;.